The smallest absolute Gasteiger partial charge is 0.326 e. The van der Waals surface area contributed by atoms with E-state index in [1.165, 1.54) is 6.07 Å². The molecule has 1 heterocycles. The van der Waals surface area contributed by atoms with Gasteiger partial charge in [-0.1, -0.05) is 35.9 Å². The highest BCUT2D eigenvalue weighted by Gasteiger charge is 2.21. The van der Waals surface area contributed by atoms with Crippen LogP contribution in [0.2, 0.25) is 5.15 Å². The Morgan fingerprint density at radius 1 is 1.33 bits per heavy atom. The molecule has 0 spiro atoms. The number of aromatic nitrogens is 1. The summed E-state index contributed by atoms with van der Waals surface area (Å²) in [6.07, 6.45) is -0.0810. The summed E-state index contributed by atoms with van der Waals surface area (Å²) in [4.78, 5) is 27.0. The number of rotatable bonds is 5. The first kappa shape index (κ1) is 15.2. The lowest BCUT2D eigenvalue weighted by Crippen LogP contribution is -2.41. The molecule has 0 bridgehead atoms. The molecular formula is C14H13ClN2O4. The molecule has 0 radical (unpaired) electrons. The molecule has 7 heteroatoms. The van der Waals surface area contributed by atoms with E-state index in [1.54, 1.807) is 24.3 Å². The third-order valence-electron chi connectivity index (χ3n) is 2.95. The first-order valence-electron chi connectivity index (χ1n) is 6.22. The van der Waals surface area contributed by atoms with Crippen LogP contribution in [0.3, 0.4) is 0 Å². The first-order chi connectivity index (χ1) is 10.0. The van der Waals surface area contributed by atoms with Gasteiger partial charge < -0.3 is 15.5 Å². The zero-order chi connectivity index (χ0) is 15.4. The summed E-state index contributed by atoms with van der Waals surface area (Å²) < 4.78 is 0. The van der Waals surface area contributed by atoms with Crippen molar-refractivity contribution in [3.05, 3.63) is 41.2 Å². The van der Waals surface area contributed by atoms with Crippen LogP contribution in [0.5, 0.6) is 0 Å². The van der Waals surface area contributed by atoms with Crippen molar-refractivity contribution in [2.24, 2.45) is 0 Å². The van der Waals surface area contributed by atoms with Crippen molar-refractivity contribution in [3.8, 4) is 0 Å². The third-order valence-corrected chi connectivity index (χ3v) is 3.24. The molecule has 0 saturated carbocycles. The van der Waals surface area contributed by atoms with Crippen LogP contribution in [0.4, 0.5) is 0 Å². The number of hydrogen-bond donors (Lipinski definition) is 3. The highest BCUT2D eigenvalue weighted by atomic mass is 35.5. The minimum Gasteiger partial charge on any atom is -0.480 e. The average molecular weight is 309 g/mol. The number of pyridine rings is 1. The van der Waals surface area contributed by atoms with Gasteiger partial charge >= 0.3 is 5.97 Å². The van der Waals surface area contributed by atoms with E-state index in [2.05, 4.69) is 10.3 Å². The topological polar surface area (TPSA) is 99.5 Å². The maximum absolute atomic E-state index is 12.1. The van der Waals surface area contributed by atoms with Gasteiger partial charge in [0.15, 0.2) is 0 Å². The third kappa shape index (κ3) is 3.48. The highest BCUT2D eigenvalue weighted by Crippen LogP contribution is 2.22. The van der Waals surface area contributed by atoms with E-state index >= 15 is 0 Å². The summed E-state index contributed by atoms with van der Waals surface area (Å²) in [6.45, 7) is -0.344. The summed E-state index contributed by atoms with van der Waals surface area (Å²) in [5.74, 6) is -1.87. The molecule has 1 atom stereocenters. The Morgan fingerprint density at radius 2 is 2.05 bits per heavy atom. The van der Waals surface area contributed by atoms with Gasteiger partial charge in [0.2, 0.25) is 0 Å². The van der Waals surface area contributed by atoms with Crippen LogP contribution in [0.1, 0.15) is 16.9 Å². The van der Waals surface area contributed by atoms with Gasteiger partial charge in [-0.3, -0.25) is 4.79 Å². The Hall–Kier alpha value is -2.18. The lowest BCUT2D eigenvalue weighted by Gasteiger charge is -2.13. The van der Waals surface area contributed by atoms with Crippen LogP contribution in [0.25, 0.3) is 10.8 Å². The fraction of sp³-hybridized carbons (Fsp3) is 0.214. The molecule has 6 nitrogen and oxygen atoms in total. The summed E-state index contributed by atoms with van der Waals surface area (Å²) >= 11 is 6.02. The number of fused-ring (bicyclic) bond motifs is 1. The average Bonchev–Trinajstić information content (AvgIpc) is 2.46. The molecule has 1 aromatic heterocycles. The van der Waals surface area contributed by atoms with E-state index in [4.69, 9.17) is 21.8 Å². The van der Waals surface area contributed by atoms with E-state index in [0.717, 1.165) is 5.39 Å². The molecule has 21 heavy (non-hydrogen) atoms. The Bertz CT molecular complexity index is 690. The molecule has 0 aliphatic rings. The molecule has 1 amide bonds. The molecule has 1 aromatic carbocycles. The SMILES string of the molecule is O=C(N[C@@H](CCO)C(=O)O)c1cc2ccccc2c(Cl)n1. The number of carbonyl (C=O) groups excluding carboxylic acids is 1. The predicted molar refractivity (Wildman–Crippen MR) is 77.3 cm³/mol. The van der Waals surface area contributed by atoms with Gasteiger partial charge in [0.25, 0.3) is 5.91 Å². The van der Waals surface area contributed by atoms with Crippen LogP contribution in [0, 0.1) is 0 Å². The van der Waals surface area contributed by atoms with Crippen molar-refractivity contribution in [2.45, 2.75) is 12.5 Å². The maximum atomic E-state index is 12.1. The largest absolute Gasteiger partial charge is 0.480 e. The van der Waals surface area contributed by atoms with Gasteiger partial charge in [-0.25, -0.2) is 9.78 Å². The van der Waals surface area contributed by atoms with Crippen LogP contribution in [-0.4, -0.2) is 39.7 Å². The van der Waals surface area contributed by atoms with Crippen molar-refractivity contribution in [1.29, 1.82) is 0 Å². The Morgan fingerprint density at radius 3 is 2.71 bits per heavy atom. The molecule has 2 aromatic rings. The molecule has 2 rings (SSSR count). The van der Waals surface area contributed by atoms with Gasteiger partial charge in [-0.15, -0.1) is 0 Å². The lowest BCUT2D eigenvalue weighted by molar-refractivity contribution is -0.139. The quantitative estimate of drug-likeness (QED) is 0.726. The fourth-order valence-electron chi connectivity index (χ4n) is 1.89. The molecule has 110 valence electrons. The van der Waals surface area contributed by atoms with Crippen molar-refractivity contribution < 1.29 is 19.8 Å². The number of carboxylic acid groups (broad SMARTS) is 1. The van der Waals surface area contributed by atoms with Gasteiger partial charge in [0, 0.05) is 18.4 Å². The van der Waals surface area contributed by atoms with Gasteiger partial charge in [-0.05, 0) is 11.5 Å². The monoisotopic (exact) mass is 308 g/mol. The van der Waals surface area contributed by atoms with Crippen LogP contribution < -0.4 is 5.32 Å². The van der Waals surface area contributed by atoms with Crippen molar-refractivity contribution >= 4 is 34.2 Å². The number of aliphatic carboxylic acids is 1. The van der Waals surface area contributed by atoms with Crippen LogP contribution in [-0.2, 0) is 4.79 Å². The van der Waals surface area contributed by atoms with Gasteiger partial charge in [0.1, 0.15) is 16.9 Å². The molecule has 0 aliphatic heterocycles. The number of aliphatic hydroxyl groups is 1. The van der Waals surface area contributed by atoms with Crippen molar-refractivity contribution in [3.63, 3.8) is 0 Å². The number of nitrogens with zero attached hydrogens (tertiary/aromatic N) is 1. The van der Waals surface area contributed by atoms with E-state index in [-0.39, 0.29) is 23.9 Å². The number of hydrogen-bond acceptors (Lipinski definition) is 4. The van der Waals surface area contributed by atoms with E-state index in [1.807, 2.05) is 0 Å². The summed E-state index contributed by atoms with van der Waals surface area (Å²) in [6, 6.07) is 7.52. The number of benzene rings is 1. The second-order valence-corrected chi connectivity index (χ2v) is 4.75. The van der Waals surface area contributed by atoms with Crippen LogP contribution >= 0.6 is 11.6 Å². The minimum atomic E-state index is -1.22. The summed E-state index contributed by atoms with van der Waals surface area (Å²) in [7, 11) is 0. The molecule has 0 aliphatic carbocycles. The van der Waals surface area contributed by atoms with E-state index < -0.39 is 17.9 Å². The lowest BCUT2D eigenvalue weighted by atomic mass is 10.1. The zero-order valence-corrected chi connectivity index (χ0v) is 11.7. The van der Waals surface area contributed by atoms with Crippen molar-refractivity contribution in [1.82, 2.24) is 10.3 Å². The van der Waals surface area contributed by atoms with E-state index in [9.17, 15) is 9.59 Å². The molecule has 0 saturated heterocycles. The Kier molecular flexibility index (Phi) is 4.72. The van der Waals surface area contributed by atoms with Crippen molar-refractivity contribution in [2.75, 3.05) is 6.61 Å². The minimum absolute atomic E-state index is 0.0305. The van der Waals surface area contributed by atoms with E-state index in [0.29, 0.717) is 5.39 Å². The number of carbonyl (C=O) groups is 2. The standard InChI is InChI=1S/C14H13ClN2O4/c15-12-9-4-2-1-3-8(9)7-11(16-12)13(19)17-10(5-6-18)14(20)21/h1-4,7,10,18H,5-6H2,(H,17,19)(H,20,21)/t10-/m0/s1. The zero-order valence-electron chi connectivity index (χ0n) is 10.9. The number of nitrogens with one attached hydrogen (secondary N) is 1. The van der Waals surface area contributed by atoms with Gasteiger partial charge in [-0.2, -0.15) is 0 Å². The molecule has 0 unspecified atom stereocenters. The Labute approximate surface area is 125 Å². The number of halogens is 1. The predicted octanol–water partition coefficient (Wildman–Crippen LogP) is 1.45. The highest BCUT2D eigenvalue weighted by molar-refractivity contribution is 6.34. The second kappa shape index (κ2) is 6.51. The molecular weight excluding hydrogens is 296 g/mol. The number of aliphatic hydroxyl groups excluding tert-OH is 1. The fourth-order valence-corrected chi connectivity index (χ4v) is 2.15. The Balaban J connectivity index is 2.29. The first-order valence-corrected chi connectivity index (χ1v) is 6.60. The summed E-state index contributed by atoms with van der Waals surface area (Å²) in [5, 5.41) is 21.7. The second-order valence-electron chi connectivity index (χ2n) is 4.40. The van der Waals surface area contributed by atoms with Gasteiger partial charge in [0.05, 0.1) is 0 Å². The number of carboxylic acids is 1. The van der Waals surface area contributed by atoms with Crippen LogP contribution in [0.15, 0.2) is 30.3 Å². The maximum Gasteiger partial charge on any atom is 0.326 e. The molecule has 3 N–H and O–H groups in total. The molecule has 0 fully saturated rings. The normalized spacial score (nSPS) is 12.1. The summed E-state index contributed by atoms with van der Waals surface area (Å²) in [5.41, 5.74) is 0.0305. The number of amides is 1.